The van der Waals surface area contributed by atoms with Crippen molar-refractivity contribution < 1.29 is 5.11 Å². The molecule has 1 aliphatic rings. The highest BCUT2D eigenvalue weighted by Gasteiger charge is 2.17. The summed E-state index contributed by atoms with van der Waals surface area (Å²) in [5, 5.41) is 8.77. The highest BCUT2D eigenvalue weighted by atomic mass is 16.3. The van der Waals surface area contributed by atoms with Gasteiger partial charge in [0.1, 0.15) is 0 Å². The second-order valence-corrected chi connectivity index (χ2v) is 4.26. The molecule has 0 aromatic rings. The number of aliphatic hydroxyl groups is 1. The summed E-state index contributed by atoms with van der Waals surface area (Å²) in [4.78, 5) is 4.63. The van der Waals surface area contributed by atoms with Crippen LogP contribution in [-0.4, -0.2) is 61.8 Å². The van der Waals surface area contributed by atoms with Gasteiger partial charge in [0, 0.05) is 19.6 Å². The molecule has 0 amide bonds. The van der Waals surface area contributed by atoms with E-state index in [4.69, 9.17) is 5.11 Å². The summed E-state index contributed by atoms with van der Waals surface area (Å²) in [5.41, 5.74) is 0. The Balaban J connectivity index is 2.19. The van der Waals surface area contributed by atoms with E-state index >= 15 is 0 Å². The summed E-state index contributed by atoms with van der Waals surface area (Å²) in [6.45, 7) is 4.68. The van der Waals surface area contributed by atoms with Crippen molar-refractivity contribution in [1.82, 2.24) is 9.80 Å². The van der Waals surface area contributed by atoms with Crippen LogP contribution in [0, 0.1) is 5.92 Å². The van der Waals surface area contributed by atoms with E-state index in [2.05, 4.69) is 23.9 Å². The predicted octanol–water partition coefficient (Wildman–Crippen LogP) is 0.252. The first-order chi connectivity index (χ1) is 6.22. The van der Waals surface area contributed by atoms with Crippen molar-refractivity contribution in [2.75, 3.05) is 46.9 Å². The summed E-state index contributed by atoms with van der Waals surface area (Å²) in [6.07, 6.45) is 2.67. The zero-order chi connectivity index (χ0) is 9.68. The summed E-state index contributed by atoms with van der Waals surface area (Å²) in [7, 11) is 4.28. The Hall–Kier alpha value is -0.120. The van der Waals surface area contributed by atoms with E-state index in [-0.39, 0.29) is 6.61 Å². The maximum Gasteiger partial charge on any atom is 0.0558 e. The third-order valence-electron chi connectivity index (χ3n) is 2.77. The maximum atomic E-state index is 8.77. The second kappa shape index (κ2) is 5.58. The van der Waals surface area contributed by atoms with Gasteiger partial charge in [-0.25, -0.2) is 0 Å². The van der Waals surface area contributed by atoms with Crippen molar-refractivity contribution in [1.29, 1.82) is 0 Å². The molecule has 0 spiro atoms. The van der Waals surface area contributed by atoms with Crippen LogP contribution in [0.15, 0.2) is 0 Å². The number of aliphatic hydroxyl groups excluding tert-OH is 1. The van der Waals surface area contributed by atoms with Gasteiger partial charge in [0.25, 0.3) is 0 Å². The Morgan fingerprint density at radius 2 is 2.31 bits per heavy atom. The average molecular weight is 186 g/mol. The number of hydrogen-bond donors (Lipinski definition) is 1. The van der Waals surface area contributed by atoms with Gasteiger partial charge in [-0.05, 0) is 39.4 Å². The quantitative estimate of drug-likeness (QED) is 0.682. The van der Waals surface area contributed by atoms with Crippen molar-refractivity contribution >= 4 is 0 Å². The van der Waals surface area contributed by atoms with Crippen molar-refractivity contribution in [3.8, 4) is 0 Å². The fraction of sp³-hybridized carbons (Fsp3) is 1.00. The fourth-order valence-corrected chi connectivity index (χ4v) is 2.13. The molecule has 0 saturated carbocycles. The lowest BCUT2D eigenvalue weighted by Crippen LogP contribution is -2.38. The number of likely N-dealkylation sites (tertiary alicyclic amines) is 1. The van der Waals surface area contributed by atoms with Gasteiger partial charge in [-0.15, -0.1) is 0 Å². The van der Waals surface area contributed by atoms with Crippen molar-refractivity contribution in [3.63, 3.8) is 0 Å². The van der Waals surface area contributed by atoms with Crippen LogP contribution in [-0.2, 0) is 0 Å². The van der Waals surface area contributed by atoms with Gasteiger partial charge in [0.2, 0.25) is 0 Å². The van der Waals surface area contributed by atoms with Crippen LogP contribution in [0.25, 0.3) is 0 Å². The van der Waals surface area contributed by atoms with E-state index in [1.807, 2.05) is 0 Å². The lowest BCUT2D eigenvalue weighted by Gasteiger charge is -2.32. The van der Waals surface area contributed by atoms with Gasteiger partial charge in [0.15, 0.2) is 0 Å². The molecule has 3 nitrogen and oxygen atoms in total. The zero-order valence-electron chi connectivity index (χ0n) is 8.87. The summed E-state index contributed by atoms with van der Waals surface area (Å²) in [6, 6.07) is 0. The van der Waals surface area contributed by atoms with Crippen LogP contribution in [0.2, 0.25) is 0 Å². The van der Waals surface area contributed by atoms with Crippen LogP contribution >= 0.6 is 0 Å². The Morgan fingerprint density at radius 3 is 2.92 bits per heavy atom. The molecule has 1 fully saturated rings. The summed E-state index contributed by atoms with van der Waals surface area (Å²) in [5.74, 6) is 0.801. The lowest BCUT2D eigenvalue weighted by molar-refractivity contribution is 0.150. The molecule has 0 aromatic carbocycles. The summed E-state index contributed by atoms with van der Waals surface area (Å²) < 4.78 is 0. The number of hydrogen-bond acceptors (Lipinski definition) is 3. The maximum absolute atomic E-state index is 8.77. The molecule has 1 atom stereocenters. The Morgan fingerprint density at radius 1 is 1.54 bits per heavy atom. The Bertz CT molecular complexity index is 141. The first-order valence-electron chi connectivity index (χ1n) is 5.20. The fourth-order valence-electron chi connectivity index (χ4n) is 2.13. The highest BCUT2D eigenvalue weighted by molar-refractivity contribution is 4.72. The highest BCUT2D eigenvalue weighted by Crippen LogP contribution is 2.15. The average Bonchev–Trinajstić information content (AvgIpc) is 2.04. The standard InChI is InChI=1S/C10H22N2O/c1-11-5-3-4-10(8-11)9-12(2)6-7-13/h10,13H,3-9H2,1-2H3/t10-/m1/s1. The van der Waals surface area contributed by atoms with Crippen molar-refractivity contribution in [2.45, 2.75) is 12.8 Å². The van der Waals surface area contributed by atoms with Crippen molar-refractivity contribution in [3.05, 3.63) is 0 Å². The van der Waals surface area contributed by atoms with Crippen LogP contribution < -0.4 is 0 Å². The van der Waals surface area contributed by atoms with Gasteiger partial charge < -0.3 is 14.9 Å². The third kappa shape index (κ3) is 4.07. The topological polar surface area (TPSA) is 26.7 Å². The van der Waals surface area contributed by atoms with Gasteiger partial charge in [-0.3, -0.25) is 0 Å². The first kappa shape index (κ1) is 11.0. The number of nitrogens with zero attached hydrogens (tertiary/aromatic N) is 2. The first-order valence-corrected chi connectivity index (χ1v) is 5.20. The molecule has 1 saturated heterocycles. The smallest absolute Gasteiger partial charge is 0.0558 e. The van der Waals surface area contributed by atoms with Crippen LogP contribution in [0.5, 0.6) is 0 Å². The number of likely N-dealkylation sites (N-methyl/N-ethyl adjacent to an activating group) is 1. The molecule has 1 rings (SSSR count). The van der Waals surface area contributed by atoms with E-state index in [0.717, 1.165) is 19.0 Å². The molecule has 0 unspecified atom stereocenters. The molecule has 0 aromatic heterocycles. The normalized spacial score (nSPS) is 25.4. The van der Waals surface area contributed by atoms with Crippen LogP contribution in [0.1, 0.15) is 12.8 Å². The molecule has 3 heteroatoms. The van der Waals surface area contributed by atoms with Crippen LogP contribution in [0.3, 0.4) is 0 Å². The van der Waals surface area contributed by atoms with Gasteiger partial charge in [-0.1, -0.05) is 0 Å². The van der Waals surface area contributed by atoms with E-state index < -0.39 is 0 Å². The third-order valence-corrected chi connectivity index (χ3v) is 2.77. The monoisotopic (exact) mass is 186 g/mol. The van der Waals surface area contributed by atoms with Crippen molar-refractivity contribution in [2.24, 2.45) is 5.92 Å². The Kier molecular flexibility index (Phi) is 4.70. The molecule has 0 bridgehead atoms. The SMILES string of the molecule is CN(CCO)C[C@@H]1CCCN(C)C1. The molecular formula is C10H22N2O. The van der Waals surface area contributed by atoms with E-state index in [1.165, 1.54) is 25.9 Å². The minimum Gasteiger partial charge on any atom is -0.395 e. The summed E-state index contributed by atoms with van der Waals surface area (Å²) >= 11 is 0. The minimum atomic E-state index is 0.277. The predicted molar refractivity (Wildman–Crippen MR) is 54.8 cm³/mol. The largest absolute Gasteiger partial charge is 0.395 e. The molecular weight excluding hydrogens is 164 g/mol. The van der Waals surface area contributed by atoms with Gasteiger partial charge >= 0.3 is 0 Å². The number of piperidine rings is 1. The Labute approximate surface area is 81.3 Å². The molecule has 1 heterocycles. The zero-order valence-corrected chi connectivity index (χ0v) is 8.87. The molecule has 0 aliphatic carbocycles. The molecule has 78 valence electrons. The lowest BCUT2D eigenvalue weighted by atomic mass is 9.98. The minimum absolute atomic E-state index is 0.277. The van der Waals surface area contributed by atoms with Gasteiger partial charge in [0.05, 0.1) is 6.61 Å². The molecule has 13 heavy (non-hydrogen) atoms. The molecule has 0 radical (unpaired) electrons. The molecule has 1 aliphatic heterocycles. The molecule has 1 N–H and O–H groups in total. The van der Waals surface area contributed by atoms with Gasteiger partial charge in [-0.2, -0.15) is 0 Å². The van der Waals surface area contributed by atoms with E-state index in [1.54, 1.807) is 0 Å². The van der Waals surface area contributed by atoms with Crippen LogP contribution in [0.4, 0.5) is 0 Å². The van der Waals surface area contributed by atoms with E-state index in [9.17, 15) is 0 Å². The number of rotatable bonds is 4. The second-order valence-electron chi connectivity index (χ2n) is 4.26. The van der Waals surface area contributed by atoms with E-state index in [0.29, 0.717) is 0 Å².